The summed E-state index contributed by atoms with van der Waals surface area (Å²) in [5.74, 6) is 0.910. The second kappa shape index (κ2) is 6.56. The van der Waals surface area contributed by atoms with Gasteiger partial charge in [0, 0.05) is 12.3 Å². The van der Waals surface area contributed by atoms with Crippen molar-refractivity contribution >= 4 is 18.3 Å². The summed E-state index contributed by atoms with van der Waals surface area (Å²) in [6, 6.07) is 8.55. The monoisotopic (exact) mass is 285 g/mol. The molecule has 5 nitrogen and oxygen atoms in total. The fourth-order valence-electron chi connectivity index (χ4n) is 1.90. The third-order valence-electron chi connectivity index (χ3n) is 2.96. The van der Waals surface area contributed by atoms with Gasteiger partial charge in [-0.05, 0) is 35.9 Å². The van der Waals surface area contributed by atoms with Crippen molar-refractivity contribution in [3.63, 3.8) is 0 Å². The Morgan fingerprint density at radius 1 is 1.14 bits per heavy atom. The highest BCUT2D eigenvalue weighted by atomic mass is 16.5. The van der Waals surface area contributed by atoms with E-state index in [2.05, 4.69) is 0 Å². The molecule has 0 unspecified atom stereocenters. The van der Waals surface area contributed by atoms with Crippen LogP contribution in [-0.2, 0) is 0 Å². The van der Waals surface area contributed by atoms with Crippen molar-refractivity contribution in [2.24, 2.45) is 0 Å². The second-order valence-corrected chi connectivity index (χ2v) is 4.21. The van der Waals surface area contributed by atoms with E-state index in [4.69, 9.17) is 9.47 Å². The predicted molar refractivity (Wildman–Crippen MR) is 79.0 cm³/mol. The number of nitrogens with zero attached hydrogens (tertiary/aromatic N) is 1. The molecule has 0 atom stereocenters. The molecule has 0 saturated heterocycles. The summed E-state index contributed by atoms with van der Waals surface area (Å²) in [5.41, 5.74) is 1.11. The van der Waals surface area contributed by atoms with Crippen LogP contribution in [0, 0.1) is 0 Å². The van der Waals surface area contributed by atoms with Crippen molar-refractivity contribution in [2.75, 3.05) is 14.2 Å². The molecule has 0 amide bonds. The van der Waals surface area contributed by atoms with E-state index in [-0.39, 0.29) is 5.91 Å². The molecule has 5 heteroatoms. The fourth-order valence-corrected chi connectivity index (χ4v) is 1.90. The average Bonchev–Trinajstić information content (AvgIpc) is 3.00. The predicted octanol–water partition coefficient (Wildman–Crippen LogP) is 2.67. The van der Waals surface area contributed by atoms with E-state index in [1.165, 1.54) is 10.6 Å². The molecular weight excluding hydrogens is 270 g/mol. The van der Waals surface area contributed by atoms with Crippen molar-refractivity contribution in [2.45, 2.75) is 0 Å². The first-order valence-corrected chi connectivity index (χ1v) is 6.26. The first-order chi connectivity index (χ1) is 10.2. The summed E-state index contributed by atoms with van der Waals surface area (Å²) in [4.78, 5) is 22.8. The van der Waals surface area contributed by atoms with E-state index in [0.717, 1.165) is 5.56 Å². The highest BCUT2D eigenvalue weighted by molar-refractivity contribution is 5.96. The number of allylic oxidation sites excluding steroid dienone is 1. The molecule has 0 aliphatic rings. The van der Waals surface area contributed by atoms with Crippen LogP contribution in [0.4, 0.5) is 0 Å². The highest BCUT2D eigenvalue weighted by Gasteiger charge is 2.06. The number of hydrogen-bond acceptors (Lipinski definition) is 4. The number of carbonyl (C=O) groups is 2. The van der Waals surface area contributed by atoms with E-state index in [9.17, 15) is 9.59 Å². The Kier molecular flexibility index (Phi) is 4.56. The number of carbonyl (C=O) groups excluding carboxylic acids is 2. The number of hydrogen-bond donors (Lipinski definition) is 0. The number of rotatable bonds is 5. The lowest BCUT2D eigenvalue weighted by Crippen LogP contribution is -2.08. The number of benzene rings is 1. The third-order valence-corrected chi connectivity index (χ3v) is 2.96. The Balaban J connectivity index is 2.21. The molecule has 1 aromatic carbocycles. The van der Waals surface area contributed by atoms with Crippen molar-refractivity contribution in [3.8, 4) is 11.5 Å². The zero-order valence-corrected chi connectivity index (χ0v) is 11.8. The lowest BCUT2D eigenvalue weighted by atomic mass is 10.2. The molecule has 0 radical (unpaired) electrons. The molecule has 1 aromatic heterocycles. The number of aldehydes is 1. The molecule has 0 spiro atoms. The van der Waals surface area contributed by atoms with Crippen LogP contribution in [0.1, 0.15) is 20.8 Å². The molecular formula is C16H15NO4. The van der Waals surface area contributed by atoms with Crippen LogP contribution < -0.4 is 9.47 Å². The summed E-state index contributed by atoms with van der Waals surface area (Å²) in [6.07, 6.45) is 5.24. The Morgan fingerprint density at radius 2 is 1.90 bits per heavy atom. The lowest BCUT2D eigenvalue weighted by Gasteiger charge is -2.07. The number of aromatic nitrogens is 1. The van der Waals surface area contributed by atoms with Gasteiger partial charge in [-0.3, -0.25) is 14.2 Å². The average molecular weight is 285 g/mol. The molecule has 2 aromatic rings. The Bertz CT molecular complexity index is 685. The smallest absolute Gasteiger partial charge is 0.255 e. The lowest BCUT2D eigenvalue weighted by molar-refractivity contribution is 0.0956. The van der Waals surface area contributed by atoms with Gasteiger partial charge < -0.3 is 9.47 Å². The molecule has 0 fully saturated rings. The van der Waals surface area contributed by atoms with E-state index in [1.807, 2.05) is 0 Å². The second-order valence-electron chi connectivity index (χ2n) is 4.21. The van der Waals surface area contributed by atoms with Crippen molar-refractivity contribution < 1.29 is 19.1 Å². The molecule has 0 N–H and O–H groups in total. The van der Waals surface area contributed by atoms with Crippen LogP contribution in [0.3, 0.4) is 0 Å². The Hall–Kier alpha value is -2.82. The van der Waals surface area contributed by atoms with Gasteiger partial charge in [0.25, 0.3) is 5.91 Å². The topological polar surface area (TPSA) is 57.5 Å². The first kappa shape index (κ1) is 14.6. The molecule has 0 bridgehead atoms. The van der Waals surface area contributed by atoms with Crippen LogP contribution in [0.15, 0.2) is 42.6 Å². The van der Waals surface area contributed by atoms with Crippen molar-refractivity contribution in [1.29, 1.82) is 0 Å². The molecule has 108 valence electrons. The third kappa shape index (κ3) is 3.20. The van der Waals surface area contributed by atoms with E-state index in [0.29, 0.717) is 23.5 Å². The molecule has 0 aliphatic carbocycles. The van der Waals surface area contributed by atoms with Gasteiger partial charge in [0.15, 0.2) is 17.8 Å². The standard InChI is InChI=1S/C16H15NO4/c1-20-14-7-5-12(10-15(14)21-2)6-8-16(19)17-9-3-4-13(17)11-18/h3-11H,1-2H3/b8-6+. The zero-order chi connectivity index (χ0) is 15.2. The van der Waals surface area contributed by atoms with Gasteiger partial charge in [0.05, 0.1) is 19.9 Å². The van der Waals surface area contributed by atoms with Crippen LogP contribution in [-0.4, -0.2) is 31.0 Å². The molecule has 0 aliphatic heterocycles. The normalized spacial score (nSPS) is 10.6. The first-order valence-electron chi connectivity index (χ1n) is 6.26. The maximum atomic E-state index is 12.0. The summed E-state index contributed by atoms with van der Waals surface area (Å²) < 4.78 is 11.6. The van der Waals surface area contributed by atoms with Crippen LogP contribution in [0.5, 0.6) is 11.5 Å². The fraction of sp³-hybridized carbons (Fsp3) is 0.125. The Labute approximate surface area is 122 Å². The summed E-state index contributed by atoms with van der Waals surface area (Å²) in [5, 5.41) is 0. The van der Waals surface area contributed by atoms with Crippen molar-refractivity contribution in [1.82, 2.24) is 4.57 Å². The van der Waals surface area contributed by atoms with E-state index in [1.54, 1.807) is 56.8 Å². The largest absolute Gasteiger partial charge is 0.493 e. The molecule has 0 saturated carbocycles. The summed E-state index contributed by atoms with van der Waals surface area (Å²) >= 11 is 0. The number of ether oxygens (including phenoxy) is 2. The number of methoxy groups -OCH3 is 2. The highest BCUT2D eigenvalue weighted by Crippen LogP contribution is 2.27. The van der Waals surface area contributed by atoms with Gasteiger partial charge in [-0.25, -0.2) is 0 Å². The van der Waals surface area contributed by atoms with Crippen LogP contribution in [0.25, 0.3) is 6.08 Å². The molecule has 2 rings (SSSR count). The minimum atomic E-state index is -0.295. The SMILES string of the molecule is COc1ccc(/C=C/C(=O)n2cccc2C=O)cc1OC. The summed E-state index contributed by atoms with van der Waals surface area (Å²) in [6.45, 7) is 0. The maximum absolute atomic E-state index is 12.0. The molecule has 1 heterocycles. The van der Waals surface area contributed by atoms with Crippen molar-refractivity contribution in [3.05, 3.63) is 53.9 Å². The quantitative estimate of drug-likeness (QED) is 0.626. The Morgan fingerprint density at radius 3 is 2.57 bits per heavy atom. The molecule has 21 heavy (non-hydrogen) atoms. The maximum Gasteiger partial charge on any atom is 0.255 e. The van der Waals surface area contributed by atoms with Gasteiger partial charge in [0.2, 0.25) is 0 Å². The van der Waals surface area contributed by atoms with E-state index >= 15 is 0 Å². The van der Waals surface area contributed by atoms with Gasteiger partial charge in [-0.1, -0.05) is 6.07 Å². The van der Waals surface area contributed by atoms with E-state index < -0.39 is 0 Å². The van der Waals surface area contributed by atoms with Crippen LogP contribution >= 0.6 is 0 Å². The van der Waals surface area contributed by atoms with Gasteiger partial charge in [-0.15, -0.1) is 0 Å². The minimum absolute atomic E-state index is 0.295. The van der Waals surface area contributed by atoms with Crippen LogP contribution in [0.2, 0.25) is 0 Å². The van der Waals surface area contributed by atoms with Gasteiger partial charge >= 0.3 is 0 Å². The summed E-state index contributed by atoms with van der Waals surface area (Å²) in [7, 11) is 3.11. The minimum Gasteiger partial charge on any atom is -0.493 e. The van der Waals surface area contributed by atoms with Gasteiger partial charge in [-0.2, -0.15) is 0 Å². The zero-order valence-electron chi connectivity index (χ0n) is 11.8. The van der Waals surface area contributed by atoms with Gasteiger partial charge in [0.1, 0.15) is 0 Å².